The molecule has 2 heterocycles. The van der Waals surface area contributed by atoms with Crippen molar-refractivity contribution in [2.75, 3.05) is 25.0 Å². The van der Waals surface area contributed by atoms with E-state index in [0.29, 0.717) is 6.04 Å². The van der Waals surface area contributed by atoms with Crippen molar-refractivity contribution < 1.29 is 0 Å². The largest absolute Gasteiger partial charge is 0.384 e. The molecular weight excluding hydrogens is 264 g/mol. The number of thiophene rings is 1. The summed E-state index contributed by atoms with van der Waals surface area (Å²) in [5, 5.41) is 5.79. The zero-order chi connectivity index (χ0) is 13.9. The summed E-state index contributed by atoms with van der Waals surface area (Å²) in [4.78, 5) is 4.17. The number of fused-ring (bicyclic) bond motifs is 1. The first kappa shape index (κ1) is 13.7. The number of rotatable bonds is 4. The third kappa shape index (κ3) is 2.74. The number of hydrogen-bond acceptors (Lipinski definition) is 3. The van der Waals surface area contributed by atoms with Crippen LogP contribution in [0, 0.1) is 6.92 Å². The fraction of sp³-hybridized carbons (Fsp3) is 0.412. The Hall–Kier alpha value is -1.32. The highest BCUT2D eigenvalue weighted by Gasteiger charge is 2.23. The number of aryl methyl sites for hydroxylation is 1. The van der Waals surface area contributed by atoms with Crippen LogP contribution in [0.5, 0.6) is 0 Å². The maximum absolute atomic E-state index is 3.56. The zero-order valence-electron chi connectivity index (χ0n) is 12.2. The van der Waals surface area contributed by atoms with Crippen LogP contribution in [0.15, 0.2) is 35.7 Å². The Labute approximate surface area is 125 Å². The van der Waals surface area contributed by atoms with Crippen LogP contribution in [-0.4, -0.2) is 24.5 Å². The summed E-state index contributed by atoms with van der Waals surface area (Å²) in [5.41, 5.74) is 4.12. The van der Waals surface area contributed by atoms with Gasteiger partial charge in [0, 0.05) is 36.2 Å². The van der Waals surface area contributed by atoms with Gasteiger partial charge in [0.2, 0.25) is 0 Å². The number of nitrogens with zero attached hydrogens (tertiary/aromatic N) is 1. The first-order valence-corrected chi connectivity index (χ1v) is 8.23. The second-order valence-corrected chi connectivity index (χ2v) is 6.50. The summed E-state index contributed by atoms with van der Waals surface area (Å²) < 4.78 is 0. The van der Waals surface area contributed by atoms with Crippen molar-refractivity contribution in [1.29, 1.82) is 0 Å². The smallest absolute Gasteiger partial charge is 0.0370 e. The van der Waals surface area contributed by atoms with Gasteiger partial charge < -0.3 is 5.32 Å². The second kappa shape index (κ2) is 5.98. The van der Waals surface area contributed by atoms with Gasteiger partial charge in [0.05, 0.1) is 0 Å². The highest BCUT2D eigenvalue weighted by atomic mass is 32.1. The minimum absolute atomic E-state index is 0.559. The van der Waals surface area contributed by atoms with Gasteiger partial charge in [-0.2, -0.15) is 0 Å². The maximum Gasteiger partial charge on any atom is 0.0370 e. The number of para-hydroxylation sites is 1. The summed E-state index contributed by atoms with van der Waals surface area (Å²) in [6.45, 7) is 7.78. The van der Waals surface area contributed by atoms with Crippen molar-refractivity contribution in [2.45, 2.75) is 26.3 Å². The first-order valence-electron chi connectivity index (χ1n) is 7.35. The van der Waals surface area contributed by atoms with Crippen LogP contribution >= 0.6 is 11.3 Å². The van der Waals surface area contributed by atoms with Gasteiger partial charge in [-0.15, -0.1) is 11.3 Å². The third-order valence-electron chi connectivity index (χ3n) is 4.26. The van der Waals surface area contributed by atoms with Crippen molar-refractivity contribution in [3.05, 3.63) is 51.7 Å². The quantitative estimate of drug-likeness (QED) is 0.911. The molecule has 1 atom stereocenters. The molecule has 2 nitrogen and oxygen atoms in total. The lowest BCUT2D eigenvalue weighted by molar-refractivity contribution is 0.208. The lowest BCUT2D eigenvalue weighted by Crippen LogP contribution is -2.36. The molecule has 20 heavy (non-hydrogen) atoms. The van der Waals surface area contributed by atoms with E-state index in [4.69, 9.17) is 0 Å². The van der Waals surface area contributed by atoms with Crippen molar-refractivity contribution in [2.24, 2.45) is 0 Å². The van der Waals surface area contributed by atoms with Crippen LogP contribution in [-0.2, 0) is 6.42 Å². The lowest BCUT2D eigenvalue weighted by Gasteiger charge is -2.33. The SMILES string of the molecule is Cc1ccccc1NCCN1CCc2sccc2C1C. The molecule has 0 radical (unpaired) electrons. The van der Waals surface area contributed by atoms with Crippen LogP contribution in [0.3, 0.4) is 0 Å². The Morgan fingerprint density at radius 1 is 1.30 bits per heavy atom. The molecule has 1 N–H and O–H groups in total. The molecule has 3 heteroatoms. The third-order valence-corrected chi connectivity index (χ3v) is 5.26. The van der Waals surface area contributed by atoms with Crippen LogP contribution in [0.1, 0.15) is 29.0 Å². The average molecular weight is 286 g/mol. The maximum atomic E-state index is 3.56. The summed E-state index contributed by atoms with van der Waals surface area (Å²) in [6.07, 6.45) is 1.21. The summed E-state index contributed by atoms with van der Waals surface area (Å²) in [5.74, 6) is 0. The Kier molecular flexibility index (Phi) is 4.08. The zero-order valence-corrected chi connectivity index (χ0v) is 13.0. The standard InChI is InChI=1S/C17H22N2S/c1-13-5-3-4-6-16(13)18-9-11-19-10-7-17-15(14(19)2)8-12-20-17/h3-6,8,12,14,18H,7,9-11H2,1-2H3. The molecule has 1 aromatic heterocycles. The van der Waals surface area contributed by atoms with E-state index in [9.17, 15) is 0 Å². The number of benzene rings is 1. The van der Waals surface area contributed by atoms with Crippen molar-refractivity contribution in [3.8, 4) is 0 Å². The molecule has 2 aromatic rings. The molecule has 0 spiro atoms. The molecule has 0 saturated heterocycles. The van der Waals surface area contributed by atoms with Crippen molar-refractivity contribution >= 4 is 17.0 Å². The molecule has 0 aliphatic carbocycles. The molecule has 1 aliphatic heterocycles. The van der Waals surface area contributed by atoms with Gasteiger partial charge in [0.15, 0.2) is 0 Å². The van der Waals surface area contributed by atoms with E-state index < -0.39 is 0 Å². The van der Waals surface area contributed by atoms with Gasteiger partial charge >= 0.3 is 0 Å². The minimum atomic E-state index is 0.559. The van der Waals surface area contributed by atoms with Crippen LogP contribution < -0.4 is 5.32 Å². The van der Waals surface area contributed by atoms with Crippen LogP contribution in [0.4, 0.5) is 5.69 Å². The molecule has 0 bridgehead atoms. The van der Waals surface area contributed by atoms with Crippen LogP contribution in [0.25, 0.3) is 0 Å². The number of hydrogen-bond donors (Lipinski definition) is 1. The van der Waals surface area contributed by atoms with E-state index in [0.717, 1.165) is 13.1 Å². The highest BCUT2D eigenvalue weighted by molar-refractivity contribution is 7.10. The van der Waals surface area contributed by atoms with Crippen molar-refractivity contribution in [1.82, 2.24) is 4.90 Å². The minimum Gasteiger partial charge on any atom is -0.384 e. The molecular formula is C17H22N2S. The molecule has 0 amide bonds. The van der Waals surface area contributed by atoms with E-state index in [2.05, 4.69) is 59.8 Å². The number of nitrogens with one attached hydrogen (secondary N) is 1. The summed E-state index contributed by atoms with van der Waals surface area (Å²) >= 11 is 1.91. The van der Waals surface area contributed by atoms with Crippen LogP contribution in [0.2, 0.25) is 0 Å². The molecule has 1 aromatic carbocycles. The fourth-order valence-corrected chi connectivity index (χ4v) is 3.94. The van der Waals surface area contributed by atoms with E-state index in [1.807, 2.05) is 11.3 Å². The van der Waals surface area contributed by atoms with Gasteiger partial charge in [0.1, 0.15) is 0 Å². The molecule has 3 rings (SSSR count). The molecule has 1 aliphatic rings. The first-order chi connectivity index (χ1) is 9.75. The molecule has 0 saturated carbocycles. The predicted octanol–water partition coefficient (Wildman–Crippen LogP) is 4.09. The lowest BCUT2D eigenvalue weighted by atomic mass is 10.0. The summed E-state index contributed by atoms with van der Waals surface area (Å²) in [7, 11) is 0. The Morgan fingerprint density at radius 2 is 2.15 bits per heavy atom. The molecule has 106 valence electrons. The van der Waals surface area contributed by atoms with Gasteiger partial charge in [-0.25, -0.2) is 0 Å². The second-order valence-electron chi connectivity index (χ2n) is 5.50. The van der Waals surface area contributed by atoms with E-state index in [-0.39, 0.29) is 0 Å². The predicted molar refractivity (Wildman–Crippen MR) is 87.7 cm³/mol. The van der Waals surface area contributed by atoms with E-state index in [1.54, 1.807) is 4.88 Å². The van der Waals surface area contributed by atoms with E-state index >= 15 is 0 Å². The molecule has 1 unspecified atom stereocenters. The Morgan fingerprint density at radius 3 is 3.00 bits per heavy atom. The van der Waals surface area contributed by atoms with Gasteiger partial charge in [0.25, 0.3) is 0 Å². The van der Waals surface area contributed by atoms with Crippen molar-refractivity contribution in [3.63, 3.8) is 0 Å². The fourth-order valence-electron chi connectivity index (χ4n) is 2.97. The van der Waals surface area contributed by atoms with Gasteiger partial charge in [-0.3, -0.25) is 4.90 Å². The average Bonchev–Trinajstić information content (AvgIpc) is 2.93. The number of anilines is 1. The van der Waals surface area contributed by atoms with Gasteiger partial charge in [-0.1, -0.05) is 18.2 Å². The van der Waals surface area contributed by atoms with Gasteiger partial charge in [-0.05, 0) is 48.9 Å². The van der Waals surface area contributed by atoms with E-state index in [1.165, 1.54) is 29.8 Å². The Bertz CT molecular complexity index is 576. The normalized spacial score (nSPS) is 18.8. The monoisotopic (exact) mass is 286 g/mol. The molecule has 0 fully saturated rings. The summed E-state index contributed by atoms with van der Waals surface area (Å²) in [6, 6.07) is 11.4. The highest BCUT2D eigenvalue weighted by Crippen LogP contribution is 2.32. The topological polar surface area (TPSA) is 15.3 Å². The Balaban J connectivity index is 1.56.